The SMILES string of the molecule is CCN(CC)CC.CO[C@@H]1O[C@H](COC(C)=O)[C@@H](OCc2ccccc2)[C@H](O[C@H](C)C(=O)O)[C@H]1NC(C)=O. The molecular formula is C27H44N2O9. The van der Waals surface area contributed by atoms with E-state index in [9.17, 15) is 19.5 Å². The predicted molar refractivity (Wildman–Crippen MR) is 140 cm³/mol. The monoisotopic (exact) mass is 540 g/mol. The summed E-state index contributed by atoms with van der Waals surface area (Å²) in [6.45, 7) is 14.1. The maximum Gasteiger partial charge on any atom is 0.332 e. The van der Waals surface area contributed by atoms with E-state index in [2.05, 4.69) is 31.0 Å². The first kappa shape index (κ1) is 33.5. The molecule has 0 unspecified atom stereocenters. The highest BCUT2D eigenvalue weighted by Crippen LogP contribution is 2.29. The number of carboxylic acids is 1. The van der Waals surface area contributed by atoms with Gasteiger partial charge >= 0.3 is 11.9 Å². The van der Waals surface area contributed by atoms with E-state index in [0.717, 1.165) is 5.56 Å². The van der Waals surface area contributed by atoms with Gasteiger partial charge in [0, 0.05) is 21.0 Å². The predicted octanol–water partition coefficient (Wildman–Crippen LogP) is 2.22. The number of nitrogens with zero attached hydrogens (tertiary/aromatic N) is 1. The molecule has 1 aromatic rings. The van der Waals surface area contributed by atoms with E-state index in [4.69, 9.17) is 23.7 Å². The largest absolute Gasteiger partial charge is 0.479 e. The number of nitrogens with one attached hydrogen (secondary N) is 1. The molecule has 2 rings (SSSR count). The molecule has 0 radical (unpaired) electrons. The molecule has 0 bridgehead atoms. The molecule has 1 heterocycles. The van der Waals surface area contributed by atoms with Crippen LogP contribution in [0.1, 0.15) is 47.1 Å². The summed E-state index contributed by atoms with van der Waals surface area (Å²) in [5.74, 6) is -2.08. The molecule has 11 heteroatoms. The van der Waals surface area contributed by atoms with Crippen molar-refractivity contribution in [3.05, 3.63) is 35.9 Å². The van der Waals surface area contributed by atoms with E-state index in [1.54, 1.807) is 0 Å². The first-order valence-corrected chi connectivity index (χ1v) is 12.9. The second-order valence-electron chi connectivity index (χ2n) is 8.77. The molecule has 0 aliphatic carbocycles. The molecule has 0 spiro atoms. The summed E-state index contributed by atoms with van der Waals surface area (Å²) in [7, 11) is 1.38. The Bertz CT molecular complexity index is 830. The van der Waals surface area contributed by atoms with E-state index in [1.165, 1.54) is 47.5 Å². The van der Waals surface area contributed by atoms with Crippen LogP contribution in [0.5, 0.6) is 0 Å². The minimum atomic E-state index is -1.20. The zero-order chi connectivity index (χ0) is 28.7. The van der Waals surface area contributed by atoms with Crippen molar-refractivity contribution in [1.82, 2.24) is 10.2 Å². The molecule has 1 saturated heterocycles. The van der Waals surface area contributed by atoms with Crippen molar-refractivity contribution in [3.8, 4) is 0 Å². The molecule has 2 N–H and O–H groups in total. The van der Waals surface area contributed by atoms with E-state index in [0.29, 0.717) is 0 Å². The van der Waals surface area contributed by atoms with Crippen molar-refractivity contribution in [1.29, 1.82) is 0 Å². The highest BCUT2D eigenvalue weighted by atomic mass is 16.7. The second-order valence-corrected chi connectivity index (χ2v) is 8.77. The topological polar surface area (TPSA) is 133 Å². The lowest BCUT2D eigenvalue weighted by atomic mass is 9.95. The van der Waals surface area contributed by atoms with Gasteiger partial charge in [-0.1, -0.05) is 51.1 Å². The smallest absolute Gasteiger partial charge is 0.332 e. The summed E-state index contributed by atoms with van der Waals surface area (Å²) >= 11 is 0. The van der Waals surface area contributed by atoms with E-state index < -0.39 is 48.7 Å². The van der Waals surface area contributed by atoms with Gasteiger partial charge in [0.25, 0.3) is 0 Å². The summed E-state index contributed by atoms with van der Waals surface area (Å²) in [6.07, 6.45) is -4.84. The third kappa shape index (κ3) is 11.4. The second kappa shape index (κ2) is 17.8. The quantitative estimate of drug-likeness (QED) is 0.359. The van der Waals surface area contributed by atoms with Gasteiger partial charge in [0.05, 0.1) is 6.61 Å². The molecule has 6 atom stereocenters. The van der Waals surface area contributed by atoms with Gasteiger partial charge in [-0.2, -0.15) is 0 Å². The first-order valence-electron chi connectivity index (χ1n) is 12.9. The minimum absolute atomic E-state index is 0.164. The zero-order valence-electron chi connectivity index (χ0n) is 23.5. The molecule has 38 heavy (non-hydrogen) atoms. The fraction of sp³-hybridized carbons (Fsp3) is 0.667. The molecule has 1 aromatic carbocycles. The average Bonchev–Trinajstić information content (AvgIpc) is 2.89. The Kier molecular flexibility index (Phi) is 15.7. The van der Waals surface area contributed by atoms with Crippen LogP contribution in [0.2, 0.25) is 0 Å². The molecule has 216 valence electrons. The van der Waals surface area contributed by atoms with Crippen LogP contribution in [0.4, 0.5) is 0 Å². The summed E-state index contributed by atoms with van der Waals surface area (Å²) in [4.78, 5) is 37.0. The number of carboxylic acid groups (broad SMARTS) is 1. The maximum atomic E-state index is 11.8. The Morgan fingerprint density at radius 1 is 1.05 bits per heavy atom. The van der Waals surface area contributed by atoms with Gasteiger partial charge in [-0.25, -0.2) is 4.79 Å². The van der Waals surface area contributed by atoms with Crippen LogP contribution in [0, 0.1) is 0 Å². The maximum absolute atomic E-state index is 11.8. The van der Waals surface area contributed by atoms with Crippen molar-refractivity contribution >= 4 is 17.8 Å². The number of carbonyl (C=O) groups excluding carboxylic acids is 2. The first-order chi connectivity index (χ1) is 18.1. The zero-order valence-corrected chi connectivity index (χ0v) is 23.5. The number of rotatable bonds is 13. The van der Waals surface area contributed by atoms with E-state index in [-0.39, 0.29) is 19.1 Å². The van der Waals surface area contributed by atoms with Crippen LogP contribution < -0.4 is 5.32 Å². The normalized spacial score (nSPS) is 23.6. The fourth-order valence-corrected chi connectivity index (χ4v) is 3.92. The van der Waals surface area contributed by atoms with Gasteiger partial charge in [0.1, 0.15) is 31.0 Å². The van der Waals surface area contributed by atoms with Crippen molar-refractivity contribution in [2.24, 2.45) is 0 Å². The molecule has 1 amide bonds. The highest BCUT2D eigenvalue weighted by molar-refractivity contribution is 5.73. The molecule has 0 saturated carbocycles. The third-order valence-electron chi connectivity index (χ3n) is 6.04. The fourth-order valence-electron chi connectivity index (χ4n) is 3.92. The Hall–Kier alpha value is -2.57. The van der Waals surface area contributed by atoms with Gasteiger partial charge < -0.3 is 39.0 Å². The summed E-state index contributed by atoms with van der Waals surface area (Å²) in [6, 6.07) is 8.45. The van der Waals surface area contributed by atoms with Crippen molar-refractivity contribution in [2.45, 2.75) is 84.9 Å². The number of methoxy groups -OCH3 is 1. The van der Waals surface area contributed by atoms with Crippen molar-refractivity contribution in [2.75, 3.05) is 33.4 Å². The lowest BCUT2D eigenvalue weighted by Crippen LogP contribution is -2.66. The van der Waals surface area contributed by atoms with E-state index >= 15 is 0 Å². The number of carbonyl (C=O) groups is 3. The summed E-state index contributed by atoms with van der Waals surface area (Å²) < 4.78 is 28.3. The number of ether oxygens (including phenoxy) is 5. The standard InChI is InChI=1S/C21H29NO9.C6H15N/c1-12(20(25)26)30-19-17(22-13(2)23)21(27-4)31-16(11-28-14(3)24)18(19)29-10-15-8-6-5-7-9-15;1-4-7(5-2)6-3/h5-9,12,16-19,21H,10-11H2,1-4H3,(H,22,23)(H,25,26);4-6H2,1-3H3/t12-,16-,17-,18-,19-,21-;/m1./s1. The van der Waals surface area contributed by atoms with Crippen LogP contribution in [0.3, 0.4) is 0 Å². The molecule has 1 fully saturated rings. The van der Waals surface area contributed by atoms with Gasteiger partial charge in [-0.15, -0.1) is 0 Å². The number of esters is 1. The van der Waals surface area contributed by atoms with Gasteiger partial charge in [0.2, 0.25) is 5.91 Å². The number of aliphatic carboxylic acids is 1. The third-order valence-corrected chi connectivity index (χ3v) is 6.04. The van der Waals surface area contributed by atoms with E-state index in [1.807, 2.05) is 30.3 Å². The van der Waals surface area contributed by atoms with Crippen molar-refractivity contribution < 1.29 is 43.2 Å². The number of benzene rings is 1. The van der Waals surface area contributed by atoms with Gasteiger partial charge in [0.15, 0.2) is 12.4 Å². The van der Waals surface area contributed by atoms with Crippen molar-refractivity contribution in [3.63, 3.8) is 0 Å². The molecule has 1 aliphatic heterocycles. The highest BCUT2D eigenvalue weighted by Gasteiger charge is 2.49. The lowest BCUT2D eigenvalue weighted by molar-refractivity contribution is -0.285. The van der Waals surface area contributed by atoms with Gasteiger partial charge in [-0.05, 0) is 32.1 Å². The van der Waals surface area contributed by atoms with Crippen LogP contribution in [0.25, 0.3) is 0 Å². The number of amides is 1. The number of hydrogen-bond acceptors (Lipinski definition) is 9. The number of hydrogen-bond donors (Lipinski definition) is 2. The summed E-state index contributed by atoms with van der Waals surface area (Å²) in [5, 5.41) is 12.1. The Labute approximate surface area is 225 Å². The minimum Gasteiger partial charge on any atom is -0.479 e. The molecule has 11 nitrogen and oxygen atoms in total. The van der Waals surface area contributed by atoms with Crippen LogP contribution in [-0.2, 0) is 44.7 Å². The Morgan fingerprint density at radius 2 is 1.66 bits per heavy atom. The Morgan fingerprint density at radius 3 is 2.11 bits per heavy atom. The Balaban J connectivity index is 0.000000905. The van der Waals surface area contributed by atoms with Gasteiger partial charge in [-0.3, -0.25) is 9.59 Å². The molecule has 0 aromatic heterocycles. The van der Waals surface area contributed by atoms with Crippen LogP contribution in [0.15, 0.2) is 30.3 Å². The summed E-state index contributed by atoms with van der Waals surface area (Å²) in [5.41, 5.74) is 0.865. The van der Waals surface area contributed by atoms with Crippen LogP contribution in [-0.4, -0.2) is 98.0 Å². The lowest BCUT2D eigenvalue weighted by Gasteiger charge is -2.46. The average molecular weight is 541 g/mol. The van der Waals surface area contributed by atoms with Crippen LogP contribution >= 0.6 is 0 Å². The molecular weight excluding hydrogens is 496 g/mol. The molecule has 1 aliphatic rings.